The summed E-state index contributed by atoms with van der Waals surface area (Å²) in [5.74, 6) is 0.836. The predicted octanol–water partition coefficient (Wildman–Crippen LogP) is 5.73. The van der Waals surface area contributed by atoms with Crippen LogP contribution in [-0.4, -0.2) is 61.2 Å². The number of hydrogen-bond donors (Lipinski definition) is 3. The second kappa shape index (κ2) is 13.3. The third-order valence-electron chi connectivity index (χ3n) is 7.42. The lowest BCUT2D eigenvalue weighted by Gasteiger charge is -2.35. The highest BCUT2D eigenvalue weighted by Crippen LogP contribution is 2.40. The Balaban J connectivity index is 0.000000227. The lowest BCUT2D eigenvalue weighted by atomic mass is 9.95. The van der Waals surface area contributed by atoms with Crippen LogP contribution in [0.3, 0.4) is 0 Å². The van der Waals surface area contributed by atoms with Crippen LogP contribution in [-0.2, 0) is 4.74 Å². The van der Waals surface area contributed by atoms with E-state index in [1.54, 1.807) is 12.1 Å². The van der Waals surface area contributed by atoms with Gasteiger partial charge >= 0.3 is 6.09 Å². The van der Waals surface area contributed by atoms with Crippen LogP contribution in [0.2, 0.25) is 10.3 Å². The van der Waals surface area contributed by atoms with Gasteiger partial charge < -0.3 is 21.5 Å². The molecule has 4 atom stereocenters. The van der Waals surface area contributed by atoms with Crippen molar-refractivity contribution in [3.8, 4) is 0 Å². The van der Waals surface area contributed by atoms with Crippen LogP contribution in [0.5, 0.6) is 0 Å². The molecular weight excluding hydrogens is 610 g/mol. The number of fused-ring (bicyclic) bond motifs is 4. The number of ether oxygens (including phenoxy) is 1. The summed E-state index contributed by atoms with van der Waals surface area (Å²) in [7, 11) is 0. The number of amides is 1. The Morgan fingerprint density at radius 1 is 0.902 bits per heavy atom. The van der Waals surface area contributed by atoms with Crippen molar-refractivity contribution in [2.45, 2.75) is 89.1 Å². The molecule has 4 unspecified atom stereocenters. The summed E-state index contributed by atoms with van der Waals surface area (Å²) in [4.78, 5) is 14.3. The molecule has 4 bridgehead atoms. The van der Waals surface area contributed by atoms with Crippen LogP contribution in [0.4, 0.5) is 16.4 Å². The SMILES string of the molecule is CC(C)(C)OC(=O)N1C2C=C(c3cc(Cl)nnc3N)CC1CC2.Cl.Cl.Nc1nnc(Cl)cc1C1=CC2CCC(C1)N2. The Bertz CT molecular complexity index is 1330. The lowest BCUT2D eigenvalue weighted by molar-refractivity contribution is 0.0175. The summed E-state index contributed by atoms with van der Waals surface area (Å²) in [5.41, 5.74) is 15.4. The van der Waals surface area contributed by atoms with Gasteiger partial charge in [0.05, 0.1) is 6.04 Å². The molecule has 5 N–H and O–H groups in total. The third-order valence-corrected chi connectivity index (χ3v) is 7.79. The molecule has 6 heterocycles. The maximum atomic E-state index is 12.4. The number of anilines is 2. The first-order valence-corrected chi connectivity index (χ1v) is 14.0. The molecule has 10 nitrogen and oxygen atoms in total. The van der Waals surface area contributed by atoms with Crippen molar-refractivity contribution in [2.24, 2.45) is 0 Å². The van der Waals surface area contributed by atoms with Crippen LogP contribution >= 0.6 is 48.0 Å². The number of halogens is 4. The van der Waals surface area contributed by atoms with Gasteiger partial charge in [-0.3, -0.25) is 4.90 Å². The first-order chi connectivity index (χ1) is 18.5. The fourth-order valence-corrected chi connectivity index (χ4v) is 6.11. The number of carbonyl (C=O) groups excluding carboxylic acids is 1. The lowest BCUT2D eigenvalue weighted by Crippen LogP contribution is -2.45. The van der Waals surface area contributed by atoms with Crippen molar-refractivity contribution in [2.75, 3.05) is 11.5 Å². The highest BCUT2D eigenvalue weighted by atomic mass is 35.5. The number of nitrogens with one attached hydrogen (secondary N) is 1. The van der Waals surface area contributed by atoms with Crippen molar-refractivity contribution in [1.29, 1.82) is 0 Å². The Kier molecular flexibility index (Phi) is 10.7. The average molecular weight is 646 g/mol. The highest BCUT2D eigenvalue weighted by molar-refractivity contribution is 6.29. The summed E-state index contributed by atoms with van der Waals surface area (Å²) in [6, 6.07) is 4.77. The molecule has 6 rings (SSSR count). The minimum Gasteiger partial charge on any atom is -0.444 e. The minimum absolute atomic E-state index is 0. The molecule has 2 saturated heterocycles. The van der Waals surface area contributed by atoms with Gasteiger partial charge in [-0.05, 0) is 82.6 Å². The van der Waals surface area contributed by atoms with Crippen LogP contribution in [0, 0.1) is 0 Å². The summed E-state index contributed by atoms with van der Waals surface area (Å²) in [5, 5.41) is 19.5. The van der Waals surface area contributed by atoms with Gasteiger partial charge in [-0.2, -0.15) is 0 Å². The first kappa shape index (κ1) is 33.1. The highest BCUT2D eigenvalue weighted by Gasteiger charge is 2.42. The van der Waals surface area contributed by atoms with E-state index in [1.807, 2.05) is 25.7 Å². The standard InChI is InChI=1S/C16H21ClN4O2.C11H13ClN4.2ClH/c1-16(2,3)23-15(22)21-10-4-5-11(21)7-9(6-10)12-8-13(17)19-20-14(12)18;12-10-5-9(11(13)16-15-10)6-3-7-1-2-8(4-6)14-7;;/h6,8,10-11H,4-5,7H2,1-3H3,(H2,18,20);3,5,7-8,14H,1-2,4H2,(H2,13,16);2*1H. The molecule has 41 heavy (non-hydrogen) atoms. The molecule has 1 amide bonds. The zero-order valence-electron chi connectivity index (χ0n) is 23.1. The van der Waals surface area contributed by atoms with E-state index in [-0.39, 0.29) is 43.0 Å². The molecule has 0 spiro atoms. The quantitative estimate of drug-likeness (QED) is 0.373. The second-order valence-electron chi connectivity index (χ2n) is 11.5. The first-order valence-electron chi connectivity index (χ1n) is 13.2. The Hall–Kier alpha value is -2.37. The zero-order valence-corrected chi connectivity index (χ0v) is 26.3. The molecule has 2 fully saturated rings. The van der Waals surface area contributed by atoms with Crippen molar-refractivity contribution >= 4 is 76.9 Å². The number of aromatic nitrogens is 4. The number of nitrogens with two attached hydrogens (primary N) is 2. The average Bonchev–Trinajstić information content (AvgIpc) is 3.35. The van der Waals surface area contributed by atoms with Gasteiger partial charge in [0, 0.05) is 29.3 Å². The van der Waals surface area contributed by atoms with E-state index in [0.717, 1.165) is 42.4 Å². The zero-order chi connectivity index (χ0) is 27.9. The van der Waals surface area contributed by atoms with Gasteiger partial charge in [0.1, 0.15) is 5.60 Å². The number of hydrogen-bond acceptors (Lipinski definition) is 9. The third kappa shape index (κ3) is 7.73. The van der Waals surface area contributed by atoms with Gasteiger partial charge in [0.15, 0.2) is 21.9 Å². The number of carbonyl (C=O) groups is 1. The van der Waals surface area contributed by atoms with E-state index in [9.17, 15) is 4.79 Å². The molecule has 0 saturated carbocycles. The Labute approximate surface area is 262 Å². The van der Waals surface area contributed by atoms with Crippen molar-refractivity contribution in [1.82, 2.24) is 30.6 Å². The topological polar surface area (TPSA) is 145 Å². The number of rotatable bonds is 2. The summed E-state index contributed by atoms with van der Waals surface area (Å²) in [6.07, 6.45) is 10.1. The van der Waals surface area contributed by atoms with E-state index in [2.05, 4.69) is 37.9 Å². The van der Waals surface area contributed by atoms with Gasteiger partial charge in [0.2, 0.25) is 0 Å². The van der Waals surface area contributed by atoms with Crippen molar-refractivity contribution in [3.05, 3.63) is 45.7 Å². The number of nitrogen functional groups attached to an aromatic ring is 2. The van der Waals surface area contributed by atoms with Gasteiger partial charge in [-0.25, -0.2) is 4.79 Å². The van der Waals surface area contributed by atoms with E-state index in [0.29, 0.717) is 34.0 Å². The molecule has 0 radical (unpaired) electrons. The minimum atomic E-state index is -0.493. The van der Waals surface area contributed by atoms with Crippen molar-refractivity contribution in [3.63, 3.8) is 0 Å². The van der Waals surface area contributed by atoms with Crippen LogP contribution in [0.15, 0.2) is 24.3 Å². The van der Waals surface area contributed by atoms with Gasteiger partial charge in [-0.15, -0.1) is 45.2 Å². The molecule has 0 aliphatic carbocycles. The molecule has 4 aliphatic heterocycles. The molecule has 2 aromatic rings. The summed E-state index contributed by atoms with van der Waals surface area (Å²) < 4.78 is 5.53. The van der Waals surface area contributed by atoms with Gasteiger partial charge in [0.25, 0.3) is 0 Å². The normalized spacial score (nSPS) is 24.2. The summed E-state index contributed by atoms with van der Waals surface area (Å²) in [6.45, 7) is 5.63. The van der Waals surface area contributed by atoms with E-state index in [1.165, 1.54) is 18.4 Å². The van der Waals surface area contributed by atoms with E-state index < -0.39 is 5.60 Å². The van der Waals surface area contributed by atoms with E-state index in [4.69, 9.17) is 39.4 Å². The smallest absolute Gasteiger partial charge is 0.411 e. The monoisotopic (exact) mass is 644 g/mol. The Morgan fingerprint density at radius 3 is 2.02 bits per heavy atom. The molecule has 4 aliphatic rings. The molecule has 14 heteroatoms. The summed E-state index contributed by atoms with van der Waals surface area (Å²) >= 11 is 11.8. The fraction of sp³-hybridized carbons (Fsp3) is 0.519. The maximum Gasteiger partial charge on any atom is 0.411 e. The second-order valence-corrected chi connectivity index (χ2v) is 12.2. The van der Waals surface area contributed by atoms with Crippen LogP contribution in [0.25, 0.3) is 11.1 Å². The van der Waals surface area contributed by atoms with Gasteiger partial charge in [-0.1, -0.05) is 35.4 Å². The van der Waals surface area contributed by atoms with Crippen molar-refractivity contribution < 1.29 is 9.53 Å². The Morgan fingerprint density at radius 2 is 1.49 bits per heavy atom. The molecular formula is C27H36Cl4N8O2. The molecule has 2 aromatic heterocycles. The molecule has 0 aromatic carbocycles. The predicted molar refractivity (Wildman–Crippen MR) is 167 cm³/mol. The van der Waals surface area contributed by atoms with Crippen LogP contribution in [0.1, 0.15) is 70.4 Å². The molecule has 224 valence electrons. The fourth-order valence-electron chi connectivity index (χ4n) is 5.82. The number of nitrogens with zero attached hydrogens (tertiary/aromatic N) is 5. The van der Waals surface area contributed by atoms with Crippen LogP contribution < -0.4 is 16.8 Å². The van der Waals surface area contributed by atoms with E-state index >= 15 is 0 Å². The largest absolute Gasteiger partial charge is 0.444 e. The maximum absolute atomic E-state index is 12.4.